The zero-order valence-electron chi connectivity index (χ0n) is 7.79. The van der Waals surface area contributed by atoms with Crippen LogP contribution in [0, 0.1) is 6.92 Å². The largest absolute Gasteiger partial charge is 0.462 e. The summed E-state index contributed by atoms with van der Waals surface area (Å²) in [6.45, 7) is 4.63. The zero-order valence-corrected chi connectivity index (χ0v) is 8.61. The Labute approximate surface area is 81.5 Å². The summed E-state index contributed by atoms with van der Waals surface area (Å²) in [5.74, 6) is -0.254. The molecule has 0 saturated carbocycles. The van der Waals surface area contributed by atoms with E-state index in [9.17, 15) is 4.79 Å². The van der Waals surface area contributed by atoms with Gasteiger partial charge in [-0.1, -0.05) is 0 Å². The highest BCUT2D eigenvalue weighted by molar-refractivity contribution is 7.14. The molecule has 0 aliphatic rings. The van der Waals surface area contributed by atoms with Crippen LogP contribution in [0.25, 0.3) is 0 Å². The van der Waals surface area contributed by atoms with Gasteiger partial charge in [0.2, 0.25) is 0 Å². The van der Waals surface area contributed by atoms with Gasteiger partial charge in [-0.05, 0) is 25.5 Å². The van der Waals surface area contributed by atoms with Crippen LogP contribution in [0.1, 0.15) is 27.0 Å². The first-order chi connectivity index (χ1) is 6.19. The monoisotopic (exact) mass is 199 g/mol. The van der Waals surface area contributed by atoms with Gasteiger partial charge in [-0.2, -0.15) is 0 Å². The SMILES string of the molecule is CCOC(=O)c1cc(CN)c(C)s1. The van der Waals surface area contributed by atoms with Crippen LogP contribution >= 0.6 is 11.3 Å². The van der Waals surface area contributed by atoms with Crippen LogP contribution in [0.4, 0.5) is 0 Å². The van der Waals surface area contributed by atoms with E-state index in [-0.39, 0.29) is 5.97 Å². The number of ether oxygens (including phenoxy) is 1. The number of carbonyl (C=O) groups is 1. The summed E-state index contributed by atoms with van der Waals surface area (Å²) in [5, 5.41) is 0. The molecule has 0 fully saturated rings. The molecule has 1 aromatic rings. The Morgan fingerprint density at radius 3 is 2.85 bits per heavy atom. The topological polar surface area (TPSA) is 52.3 Å². The van der Waals surface area contributed by atoms with E-state index < -0.39 is 0 Å². The Morgan fingerprint density at radius 1 is 1.69 bits per heavy atom. The highest BCUT2D eigenvalue weighted by Gasteiger charge is 2.11. The fraction of sp³-hybridized carbons (Fsp3) is 0.444. The normalized spacial score (nSPS) is 10.1. The second-order valence-electron chi connectivity index (χ2n) is 2.62. The summed E-state index contributed by atoms with van der Waals surface area (Å²) in [6, 6.07) is 1.80. The quantitative estimate of drug-likeness (QED) is 0.754. The Morgan fingerprint density at radius 2 is 2.38 bits per heavy atom. The molecule has 13 heavy (non-hydrogen) atoms. The molecule has 1 aromatic heterocycles. The number of nitrogens with two attached hydrogens (primary N) is 1. The van der Waals surface area contributed by atoms with Gasteiger partial charge < -0.3 is 10.5 Å². The molecule has 0 radical (unpaired) electrons. The van der Waals surface area contributed by atoms with E-state index in [0.29, 0.717) is 18.0 Å². The van der Waals surface area contributed by atoms with E-state index in [1.165, 1.54) is 11.3 Å². The highest BCUT2D eigenvalue weighted by atomic mass is 32.1. The molecular weight excluding hydrogens is 186 g/mol. The van der Waals surface area contributed by atoms with Gasteiger partial charge in [0.1, 0.15) is 4.88 Å². The average Bonchev–Trinajstić information content (AvgIpc) is 2.47. The van der Waals surface area contributed by atoms with Gasteiger partial charge in [-0.3, -0.25) is 0 Å². The third kappa shape index (κ3) is 2.29. The zero-order chi connectivity index (χ0) is 9.84. The van der Waals surface area contributed by atoms with Crippen LogP contribution in [0.3, 0.4) is 0 Å². The summed E-state index contributed by atoms with van der Waals surface area (Å²) in [6.07, 6.45) is 0. The van der Waals surface area contributed by atoms with Crippen LogP contribution in [0.2, 0.25) is 0 Å². The maximum Gasteiger partial charge on any atom is 0.348 e. The fourth-order valence-electron chi connectivity index (χ4n) is 1.03. The molecule has 0 aliphatic heterocycles. The fourth-order valence-corrected chi connectivity index (χ4v) is 1.97. The molecule has 0 amide bonds. The number of aryl methyl sites for hydroxylation is 1. The van der Waals surface area contributed by atoms with Gasteiger partial charge in [-0.25, -0.2) is 4.79 Å². The van der Waals surface area contributed by atoms with Crippen molar-refractivity contribution in [2.45, 2.75) is 20.4 Å². The van der Waals surface area contributed by atoms with Crippen molar-refractivity contribution in [3.8, 4) is 0 Å². The lowest BCUT2D eigenvalue weighted by Crippen LogP contribution is -2.02. The summed E-state index contributed by atoms with van der Waals surface area (Å²) < 4.78 is 4.87. The summed E-state index contributed by atoms with van der Waals surface area (Å²) in [5.41, 5.74) is 6.51. The Hall–Kier alpha value is -0.870. The van der Waals surface area contributed by atoms with E-state index in [1.807, 2.05) is 6.92 Å². The molecule has 72 valence electrons. The van der Waals surface area contributed by atoms with Crippen molar-refractivity contribution in [3.05, 3.63) is 21.4 Å². The number of rotatable bonds is 3. The summed E-state index contributed by atoms with van der Waals surface area (Å²) >= 11 is 1.43. The van der Waals surface area contributed by atoms with E-state index in [4.69, 9.17) is 10.5 Å². The van der Waals surface area contributed by atoms with Crippen LogP contribution in [-0.4, -0.2) is 12.6 Å². The van der Waals surface area contributed by atoms with Gasteiger partial charge in [0.25, 0.3) is 0 Å². The third-order valence-corrected chi connectivity index (χ3v) is 2.79. The molecule has 3 nitrogen and oxygen atoms in total. The van der Waals surface area contributed by atoms with Crippen molar-refractivity contribution in [1.29, 1.82) is 0 Å². The van der Waals surface area contributed by atoms with Crippen LogP contribution < -0.4 is 5.73 Å². The number of esters is 1. The minimum atomic E-state index is -0.254. The molecule has 0 atom stereocenters. The van der Waals surface area contributed by atoms with Crippen molar-refractivity contribution >= 4 is 17.3 Å². The predicted molar refractivity (Wildman–Crippen MR) is 52.9 cm³/mol. The molecule has 0 aliphatic carbocycles. The summed E-state index contributed by atoms with van der Waals surface area (Å²) in [7, 11) is 0. The van der Waals surface area contributed by atoms with Crippen molar-refractivity contribution < 1.29 is 9.53 Å². The van der Waals surface area contributed by atoms with Crippen LogP contribution in [-0.2, 0) is 11.3 Å². The molecule has 0 saturated heterocycles. The van der Waals surface area contributed by atoms with Crippen molar-refractivity contribution in [1.82, 2.24) is 0 Å². The Balaban J connectivity index is 2.84. The molecule has 4 heteroatoms. The van der Waals surface area contributed by atoms with Gasteiger partial charge in [0, 0.05) is 11.4 Å². The number of carbonyl (C=O) groups excluding carboxylic acids is 1. The second-order valence-corrected chi connectivity index (χ2v) is 3.87. The second kappa shape index (κ2) is 4.39. The minimum Gasteiger partial charge on any atom is -0.462 e. The van der Waals surface area contributed by atoms with E-state index in [2.05, 4.69) is 0 Å². The molecule has 0 spiro atoms. The van der Waals surface area contributed by atoms with Crippen LogP contribution in [0.15, 0.2) is 6.07 Å². The molecule has 0 unspecified atom stereocenters. The van der Waals surface area contributed by atoms with Crippen molar-refractivity contribution in [2.24, 2.45) is 5.73 Å². The standard InChI is InChI=1S/C9H13NO2S/c1-3-12-9(11)8-4-7(5-10)6(2)13-8/h4H,3,5,10H2,1-2H3. The highest BCUT2D eigenvalue weighted by Crippen LogP contribution is 2.21. The third-order valence-electron chi connectivity index (χ3n) is 1.72. The van der Waals surface area contributed by atoms with Gasteiger partial charge >= 0.3 is 5.97 Å². The maximum absolute atomic E-state index is 11.3. The van der Waals surface area contributed by atoms with E-state index >= 15 is 0 Å². The van der Waals surface area contributed by atoms with Crippen molar-refractivity contribution in [3.63, 3.8) is 0 Å². The number of hydrogen-bond donors (Lipinski definition) is 1. The predicted octanol–water partition coefficient (Wildman–Crippen LogP) is 1.69. The molecule has 0 aromatic carbocycles. The molecule has 0 bridgehead atoms. The molecular formula is C9H13NO2S. The molecule has 1 rings (SSSR count). The summed E-state index contributed by atoms with van der Waals surface area (Å²) in [4.78, 5) is 13.0. The van der Waals surface area contributed by atoms with Gasteiger partial charge in [0.05, 0.1) is 6.61 Å². The van der Waals surface area contributed by atoms with Crippen molar-refractivity contribution in [2.75, 3.05) is 6.61 Å². The van der Waals surface area contributed by atoms with Gasteiger partial charge in [0.15, 0.2) is 0 Å². The smallest absolute Gasteiger partial charge is 0.348 e. The number of thiophene rings is 1. The minimum absolute atomic E-state index is 0.254. The lowest BCUT2D eigenvalue weighted by Gasteiger charge is -1.96. The Bertz CT molecular complexity index is 307. The molecule has 2 N–H and O–H groups in total. The lowest BCUT2D eigenvalue weighted by molar-refractivity contribution is 0.0532. The first-order valence-corrected chi connectivity index (χ1v) is 4.97. The lowest BCUT2D eigenvalue weighted by atomic mass is 10.2. The number of hydrogen-bond acceptors (Lipinski definition) is 4. The first kappa shape index (κ1) is 10.2. The molecule has 1 heterocycles. The Kier molecular flexibility index (Phi) is 3.45. The van der Waals surface area contributed by atoms with Crippen LogP contribution in [0.5, 0.6) is 0 Å². The first-order valence-electron chi connectivity index (χ1n) is 4.15. The van der Waals surface area contributed by atoms with Gasteiger partial charge in [-0.15, -0.1) is 11.3 Å². The van der Waals surface area contributed by atoms with E-state index in [0.717, 1.165) is 10.4 Å². The van der Waals surface area contributed by atoms with E-state index in [1.54, 1.807) is 13.0 Å². The maximum atomic E-state index is 11.3. The average molecular weight is 199 g/mol.